The smallest absolute Gasteiger partial charge is 0.248 e. The first-order chi connectivity index (χ1) is 17.2. The zero-order chi connectivity index (χ0) is 24.0. The number of carbonyl (C=O) groups excluding carboxylic acids is 1. The molecule has 0 bridgehead atoms. The number of nitrogens with two attached hydrogens (primary N) is 1. The van der Waals surface area contributed by atoms with E-state index in [1.807, 2.05) is 36.4 Å². The molecule has 0 spiro atoms. The van der Waals surface area contributed by atoms with Gasteiger partial charge in [0, 0.05) is 37.8 Å². The SMILES string of the molecule is NC(=O)c1ccc2c(c1)CCOC2CC(c1ccc(OCc2ccccc2)cc1)N1CCNCC1. The Morgan fingerprint density at radius 3 is 2.57 bits per heavy atom. The van der Waals surface area contributed by atoms with Crippen LogP contribution >= 0.6 is 0 Å². The molecule has 6 heteroatoms. The van der Waals surface area contributed by atoms with E-state index in [0.717, 1.165) is 50.3 Å². The van der Waals surface area contributed by atoms with Gasteiger partial charge in [-0.25, -0.2) is 0 Å². The standard InChI is InChI=1S/C29H33N3O3/c30-29(33)24-8-11-26-23(18-24)12-17-34-28(26)19-27(32-15-13-31-14-16-32)22-6-9-25(10-7-22)35-20-21-4-2-1-3-5-21/h1-11,18,27-28,31H,12-17,19-20H2,(H2,30,33). The molecule has 1 amide bonds. The van der Waals surface area contributed by atoms with Gasteiger partial charge in [-0.1, -0.05) is 48.5 Å². The minimum absolute atomic E-state index is 0.0189. The molecule has 1 saturated heterocycles. The number of nitrogens with one attached hydrogen (secondary N) is 1. The molecule has 2 atom stereocenters. The van der Waals surface area contributed by atoms with Crippen LogP contribution in [0.4, 0.5) is 0 Å². The fraction of sp³-hybridized carbons (Fsp3) is 0.345. The fourth-order valence-corrected chi connectivity index (χ4v) is 5.11. The summed E-state index contributed by atoms with van der Waals surface area (Å²) in [7, 11) is 0. The molecular formula is C29H33N3O3. The fourth-order valence-electron chi connectivity index (χ4n) is 5.11. The summed E-state index contributed by atoms with van der Waals surface area (Å²) in [6, 6.07) is 24.7. The Morgan fingerprint density at radius 2 is 1.83 bits per heavy atom. The highest BCUT2D eigenvalue weighted by Crippen LogP contribution is 2.38. The second-order valence-electron chi connectivity index (χ2n) is 9.27. The minimum atomic E-state index is -0.385. The molecule has 1 fully saturated rings. The zero-order valence-corrected chi connectivity index (χ0v) is 20.0. The second kappa shape index (κ2) is 11.0. The summed E-state index contributed by atoms with van der Waals surface area (Å²) in [5.41, 5.74) is 10.8. The van der Waals surface area contributed by atoms with E-state index in [1.54, 1.807) is 0 Å². The van der Waals surface area contributed by atoms with Crippen LogP contribution in [-0.4, -0.2) is 43.6 Å². The van der Waals surface area contributed by atoms with Crippen LogP contribution in [0.3, 0.4) is 0 Å². The van der Waals surface area contributed by atoms with Gasteiger partial charge in [0.15, 0.2) is 0 Å². The van der Waals surface area contributed by atoms with E-state index < -0.39 is 0 Å². The highest BCUT2D eigenvalue weighted by Gasteiger charge is 2.29. The van der Waals surface area contributed by atoms with Crippen molar-refractivity contribution >= 4 is 5.91 Å². The van der Waals surface area contributed by atoms with Crippen LogP contribution in [0.2, 0.25) is 0 Å². The van der Waals surface area contributed by atoms with Gasteiger partial charge in [0.25, 0.3) is 0 Å². The van der Waals surface area contributed by atoms with Crippen molar-refractivity contribution in [2.45, 2.75) is 31.6 Å². The van der Waals surface area contributed by atoms with Crippen molar-refractivity contribution in [3.8, 4) is 5.75 Å². The highest BCUT2D eigenvalue weighted by molar-refractivity contribution is 5.93. The van der Waals surface area contributed by atoms with E-state index in [1.165, 1.54) is 16.7 Å². The molecule has 0 aliphatic carbocycles. The van der Waals surface area contributed by atoms with E-state index >= 15 is 0 Å². The Balaban J connectivity index is 1.34. The molecule has 3 aromatic rings. The zero-order valence-electron chi connectivity index (χ0n) is 20.0. The number of nitrogens with zero attached hydrogens (tertiary/aromatic N) is 1. The normalized spacial score (nSPS) is 19.0. The van der Waals surface area contributed by atoms with Crippen molar-refractivity contribution in [1.29, 1.82) is 0 Å². The van der Waals surface area contributed by atoms with E-state index in [4.69, 9.17) is 15.2 Å². The largest absolute Gasteiger partial charge is 0.489 e. The number of hydrogen-bond donors (Lipinski definition) is 2. The number of piperazine rings is 1. The van der Waals surface area contributed by atoms with Crippen LogP contribution < -0.4 is 15.8 Å². The van der Waals surface area contributed by atoms with Gasteiger partial charge in [0.05, 0.1) is 12.7 Å². The molecular weight excluding hydrogens is 438 g/mol. The quantitative estimate of drug-likeness (QED) is 0.519. The maximum atomic E-state index is 11.7. The summed E-state index contributed by atoms with van der Waals surface area (Å²) in [5, 5.41) is 3.46. The van der Waals surface area contributed by atoms with Crippen LogP contribution in [0.25, 0.3) is 0 Å². The molecule has 182 valence electrons. The number of rotatable bonds is 8. The topological polar surface area (TPSA) is 76.8 Å². The lowest BCUT2D eigenvalue weighted by molar-refractivity contribution is 0.0119. The average molecular weight is 472 g/mol. The van der Waals surface area contributed by atoms with Gasteiger partial charge in [-0.05, 0) is 59.4 Å². The lowest BCUT2D eigenvalue weighted by Gasteiger charge is -2.38. The molecule has 0 saturated carbocycles. The number of primary amides is 1. The summed E-state index contributed by atoms with van der Waals surface area (Å²) < 4.78 is 12.3. The van der Waals surface area contributed by atoms with Crippen molar-refractivity contribution in [2.24, 2.45) is 5.73 Å². The number of hydrogen-bond acceptors (Lipinski definition) is 5. The van der Waals surface area contributed by atoms with Crippen LogP contribution in [0.1, 0.15) is 51.2 Å². The predicted octanol–water partition coefficient (Wildman–Crippen LogP) is 4.01. The van der Waals surface area contributed by atoms with Gasteiger partial charge in [-0.15, -0.1) is 0 Å². The lowest BCUT2D eigenvalue weighted by Crippen LogP contribution is -2.45. The summed E-state index contributed by atoms with van der Waals surface area (Å²) in [5.74, 6) is 0.485. The third-order valence-corrected chi connectivity index (χ3v) is 7.01. The lowest BCUT2D eigenvalue weighted by atomic mass is 9.89. The Hall–Kier alpha value is -3.19. The Morgan fingerprint density at radius 1 is 1.06 bits per heavy atom. The maximum absolute atomic E-state index is 11.7. The van der Waals surface area contributed by atoms with Gasteiger partial charge in [-0.3, -0.25) is 9.69 Å². The Labute approximate surface area is 207 Å². The number of carbonyl (C=O) groups is 1. The number of benzene rings is 3. The van der Waals surface area contributed by atoms with Gasteiger partial charge in [0.1, 0.15) is 12.4 Å². The summed E-state index contributed by atoms with van der Waals surface area (Å²) >= 11 is 0. The van der Waals surface area contributed by atoms with Gasteiger partial charge >= 0.3 is 0 Å². The summed E-state index contributed by atoms with van der Waals surface area (Å²) in [6.45, 7) is 5.17. The minimum Gasteiger partial charge on any atom is -0.489 e. The first-order valence-electron chi connectivity index (χ1n) is 12.4. The molecule has 2 aliphatic heterocycles. The third kappa shape index (κ3) is 5.73. The van der Waals surface area contributed by atoms with Crippen molar-refractivity contribution in [2.75, 3.05) is 32.8 Å². The van der Waals surface area contributed by atoms with Crippen molar-refractivity contribution in [3.63, 3.8) is 0 Å². The molecule has 3 aromatic carbocycles. The van der Waals surface area contributed by atoms with Gasteiger partial charge < -0.3 is 20.5 Å². The first-order valence-corrected chi connectivity index (χ1v) is 12.4. The summed E-state index contributed by atoms with van der Waals surface area (Å²) in [6.07, 6.45) is 1.64. The van der Waals surface area contributed by atoms with Crippen molar-refractivity contribution in [1.82, 2.24) is 10.2 Å². The van der Waals surface area contributed by atoms with Crippen LogP contribution in [0, 0.1) is 0 Å². The van der Waals surface area contributed by atoms with E-state index in [2.05, 4.69) is 46.6 Å². The number of amides is 1. The number of fused-ring (bicyclic) bond motifs is 1. The van der Waals surface area contributed by atoms with Crippen LogP contribution in [0.5, 0.6) is 5.75 Å². The third-order valence-electron chi connectivity index (χ3n) is 7.01. The summed E-state index contributed by atoms with van der Waals surface area (Å²) in [4.78, 5) is 14.2. The van der Waals surface area contributed by atoms with E-state index in [0.29, 0.717) is 18.8 Å². The van der Waals surface area contributed by atoms with Crippen LogP contribution in [0.15, 0.2) is 72.8 Å². The van der Waals surface area contributed by atoms with E-state index in [-0.39, 0.29) is 18.1 Å². The molecule has 35 heavy (non-hydrogen) atoms. The molecule has 0 aromatic heterocycles. The Bertz CT molecular complexity index is 1130. The van der Waals surface area contributed by atoms with Crippen molar-refractivity contribution < 1.29 is 14.3 Å². The maximum Gasteiger partial charge on any atom is 0.248 e. The monoisotopic (exact) mass is 471 g/mol. The Kier molecular flexibility index (Phi) is 7.42. The molecule has 5 rings (SSSR count). The number of ether oxygens (including phenoxy) is 2. The molecule has 6 nitrogen and oxygen atoms in total. The molecule has 2 unspecified atom stereocenters. The molecule has 3 N–H and O–H groups in total. The average Bonchev–Trinajstić information content (AvgIpc) is 2.91. The molecule has 2 heterocycles. The van der Waals surface area contributed by atoms with E-state index in [9.17, 15) is 4.79 Å². The predicted molar refractivity (Wildman–Crippen MR) is 136 cm³/mol. The first kappa shape index (κ1) is 23.5. The molecule has 2 aliphatic rings. The molecule has 0 radical (unpaired) electrons. The van der Waals surface area contributed by atoms with Crippen LogP contribution in [-0.2, 0) is 17.8 Å². The highest BCUT2D eigenvalue weighted by atomic mass is 16.5. The van der Waals surface area contributed by atoms with Gasteiger partial charge in [0.2, 0.25) is 5.91 Å². The second-order valence-corrected chi connectivity index (χ2v) is 9.27. The van der Waals surface area contributed by atoms with Crippen molar-refractivity contribution in [3.05, 3.63) is 101 Å². The van der Waals surface area contributed by atoms with Gasteiger partial charge in [-0.2, -0.15) is 0 Å².